The first kappa shape index (κ1) is 14.3. The third-order valence-electron chi connectivity index (χ3n) is 2.49. The van der Waals surface area contributed by atoms with Crippen molar-refractivity contribution in [1.29, 1.82) is 0 Å². The van der Waals surface area contributed by atoms with Crippen LogP contribution in [0, 0.1) is 0 Å². The molecule has 0 aliphatic rings. The Balaban J connectivity index is 3.06. The van der Waals surface area contributed by atoms with E-state index in [4.69, 9.17) is 14.6 Å². The number of aliphatic hydroxyl groups is 1. The number of carbonyl (C=O) groups excluding carboxylic acids is 1. The summed E-state index contributed by atoms with van der Waals surface area (Å²) in [7, 11) is 2.99. The number of aliphatic hydroxyl groups excluding tert-OH is 1. The Morgan fingerprint density at radius 2 is 2.00 bits per heavy atom. The predicted octanol–water partition coefficient (Wildman–Crippen LogP) is 1.20. The summed E-state index contributed by atoms with van der Waals surface area (Å²) < 4.78 is 10.3. The lowest BCUT2D eigenvalue weighted by Gasteiger charge is -2.24. The van der Waals surface area contributed by atoms with Gasteiger partial charge in [0.15, 0.2) is 11.5 Å². The number of amides is 1. The summed E-state index contributed by atoms with van der Waals surface area (Å²) in [6, 6.07) is 5.07. The average molecular weight is 253 g/mol. The number of nitrogens with one attached hydrogen (secondary N) is 1. The van der Waals surface area contributed by atoms with Crippen LogP contribution < -0.4 is 14.8 Å². The Labute approximate surface area is 107 Å². The molecular weight excluding hydrogens is 234 g/mol. The lowest BCUT2D eigenvalue weighted by atomic mass is 10.1. The highest BCUT2D eigenvalue weighted by Crippen LogP contribution is 2.30. The molecule has 1 amide bonds. The molecule has 0 bridgehead atoms. The third kappa shape index (κ3) is 3.13. The zero-order valence-electron chi connectivity index (χ0n) is 11.1. The molecule has 0 radical (unpaired) electrons. The Kier molecular flexibility index (Phi) is 4.55. The van der Waals surface area contributed by atoms with E-state index in [1.807, 2.05) is 0 Å². The number of para-hydroxylation sites is 1. The number of hydrogen-bond donors (Lipinski definition) is 2. The molecule has 1 aromatic rings. The fourth-order valence-corrected chi connectivity index (χ4v) is 1.48. The van der Waals surface area contributed by atoms with Gasteiger partial charge >= 0.3 is 0 Å². The standard InChI is InChI=1S/C13H19NO4/c1-13(2,8-15)14-12(16)9-6-5-7-10(17-3)11(9)18-4/h5-7,15H,8H2,1-4H3,(H,14,16). The highest BCUT2D eigenvalue weighted by molar-refractivity contribution is 5.98. The summed E-state index contributed by atoms with van der Waals surface area (Å²) in [6.07, 6.45) is 0. The first-order valence-electron chi connectivity index (χ1n) is 5.59. The highest BCUT2D eigenvalue weighted by atomic mass is 16.5. The largest absolute Gasteiger partial charge is 0.493 e. The van der Waals surface area contributed by atoms with Gasteiger partial charge in [-0.15, -0.1) is 0 Å². The van der Waals surface area contributed by atoms with Gasteiger partial charge < -0.3 is 19.9 Å². The van der Waals surface area contributed by atoms with Gasteiger partial charge in [-0.05, 0) is 26.0 Å². The molecule has 0 saturated heterocycles. The summed E-state index contributed by atoms with van der Waals surface area (Å²) in [5.74, 6) is 0.558. The Morgan fingerprint density at radius 1 is 1.33 bits per heavy atom. The molecule has 5 heteroatoms. The van der Waals surface area contributed by atoms with Crippen LogP contribution in [0.5, 0.6) is 11.5 Å². The number of hydrogen-bond acceptors (Lipinski definition) is 4. The summed E-state index contributed by atoms with van der Waals surface area (Å²) in [5.41, 5.74) is -0.316. The van der Waals surface area contributed by atoms with Gasteiger partial charge in [0.05, 0.1) is 31.9 Å². The summed E-state index contributed by atoms with van der Waals surface area (Å²) in [4.78, 5) is 12.1. The summed E-state index contributed by atoms with van der Waals surface area (Å²) in [6.45, 7) is 3.32. The van der Waals surface area contributed by atoms with Crippen molar-refractivity contribution in [2.24, 2.45) is 0 Å². The van der Waals surface area contributed by atoms with Gasteiger partial charge in [0.2, 0.25) is 0 Å². The molecule has 0 saturated carbocycles. The maximum Gasteiger partial charge on any atom is 0.255 e. The van der Waals surface area contributed by atoms with Gasteiger partial charge in [-0.25, -0.2) is 0 Å². The molecular formula is C13H19NO4. The van der Waals surface area contributed by atoms with Crippen LogP contribution in [0.2, 0.25) is 0 Å². The summed E-state index contributed by atoms with van der Waals surface area (Å²) in [5, 5.41) is 11.9. The number of benzene rings is 1. The minimum atomic E-state index is -0.689. The molecule has 0 spiro atoms. The molecule has 1 rings (SSSR count). The fourth-order valence-electron chi connectivity index (χ4n) is 1.48. The average Bonchev–Trinajstić information content (AvgIpc) is 2.37. The van der Waals surface area contributed by atoms with Crippen LogP contribution in [-0.2, 0) is 0 Å². The molecule has 0 heterocycles. The van der Waals surface area contributed by atoms with Crippen molar-refractivity contribution in [1.82, 2.24) is 5.32 Å². The molecule has 0 aliphatic carbocycles. The van der Waals surface area contributed by atoms with Crippen molar-refractivity contribution in [3.05, 3.63) is 23.8 Å². The van der Waals surface area contributed by atoms with Crippen LogP contribution in [0.25, 0.3) is 0 Å². The van der Waals surface area contributed by atoms with E-state index in [9.17, 15) is 4.79 Å². The number of ether oxygens (including phenoxy) is 2. The normalized spacial score (nSPS) is 10.9. The van der Waals surface area contributed by atoms with Crippen molar-refractivity contribution >= 4 is 5.91 Å². The molecule has 1 aromatic carbocycles. The number of methoxy groups -OCH3 is 2. The van der Waals surface area contributed by atoms with Gasteiger partial charge in [0.25, 0.3) is 5.91 Å². The van der Waals surface area contributed by atoms with Gasteiger partial charge in [-0.1, -0.05) is 6.07 Å². The lowest BCUT2D eigenvalue weighted by Crippen LogP contribution is -2.46. The number of carbonyl (C=O) groups is 1. The van der Waals surface area contributed by atoms with E-state index in [-0.39, 0.29) is 12.5 Å². The minimum Gasteiger partial charge on any atom is -0.493 e. The zero-order valence-corrected chi connectivity index (χ0v) is 11.1. The van der Waals surface area contributed by atoms with E-state index in [1.165, 1.54) is 14.2 Å². The van der Waals surface area contributed by atoms with Crippen molar-refractivity contribution in [2.45, 2.75) is 19.4 Å². The summed E-state index contributed by atoms with van der Waals surface area (Å²) >= 11 is 0. The zero-order chi connectivity index (χ0) is 13.8. The second kappa shape index (κ2) is 5.73. The van der Waals surface area contributed by atoms with Crippen LogP contribution >= 0.6 is 0 Å². The van der Waals surface area contributed by atoms with Gasteiger partial charge in [-0.3, -0.25) is 4.79 Å². The second-order valence-corrected chi connectivity index (χ2v) is 4.54. The molecule has 5 nitrogen and oxygen atoms in total. The van der Waals surface area contributed by atoms with Gasteiger partial charge in [0.1, 0.15) is 0 Å². The highest BCUT2D eigenvalue weighted by Gasteiger charge is 2.23. The smallest absolute Gasteiger partial charge is 0.255 e. The van der Waals surface area contributed by atoms with Crippen LogP contribution in [-0.4, -0.2) is 37.4 Å². The minimum absolute atomic E-state index is 0.148. The van der Waals surface area contributed by atoms with E-state index >= 15 is 0 Å². The Morgan fingerprint density at radius 3 is 2.50 bits per heavy atom. The van der Waals surface area contributed by atoms with Crippen LogP contribution in [0.1, 0.15) is 24.2 Å². The predicted molar refractivity (Wildman–Crippen MR) is 68.2 cm³/mol. The van der Waals surface area contributed by atoms with E-state index in [2.05, 4.69) is 5.32 Å². The Hall–Kier alpha value is -1.75. The molecule has 2 N–H and O–H groups in total. The SMILES string of the molecule is COc1cccc(C(=O)NC(C)(C)CO)c1OC. The van der Waals surface area contributed by atoms with E-state index < -0.39 is 5.54 Å². The van der Waals surface area contributed by atoms with E-state index in [1.54, 1.807) is 32.0 Å². The topological polar surface area (TPSA) is 67.8 Å². The monoisotopic (exact) mass is 253 g/mol. The lowest BCUT2D eigenvalue weighted by molar-refractivity contribution is 0.0865. The van der Waals surface area contributed by atoms with Crippen molar-refractivity contribution in [3.63, 3.8) is 0 Å². The first-order chi connectivity index (χ1) is 8.45. The quantitative estimate of drug-likeness (QED) is 0.827. The van der Waals surface area contributed by atoms with Crippen molar-refractivity contribution in [2.75, 3.05) is 20.8 Å². The van der Waals surface area contributed by atoms with E-state index in [0.29, 0.717) is 17.1 Å². The molecule has 18 heavy (non-hydrogen) atoms. The third-order valence-corrected chi connectivity index (χ3v) is 2.49. The maximum atomic E-state index is 12.1. The first-order valence-corrected chi connectivity index (χ1v) is 5.59. The van der Waals surface area contributed by atoms with Crippen LogP contribution in [0.3, 0.4) is 0 Å². The Bertz CT molecular complexity index is 429. The van der Waals surface area contributed by atoms with Crippen molar-refractivity contribution in [3.8, 4) is 11.5 Å². The fraction of sp³-hybridized carbons (Fsp3) is 0.462. The molecule has 0 aliphatic heterocycles. The molecule has 0 atom stereocenters. The van der Waals surface area contributed by atoms with Gasteiger partial charge in [-0.2, -0.15) is 0 Å². The van der Waals surface area contributed by atoms with Crippen LogP contribution in [0.15, 0.2) is 18.2 Å². The van der Waals surface area contributed by atoms with Gasteiger partial charge in [0, 0.05) is 0 Å². The van der Waals surface area contributed by atoms with E-state index in [0.717, 1.165) is 0 Å². The maximum absolute atomic E-state index is 12.1. The van der Waals surface area contributed by atoms with Crippen molar-refractivity contribution < 1.29 is 19.4 Å². The molecule has 100 valence electrons. The molecule has 0 unspecified atom stereocenters. The second-order valence-electron chi connectivity index (χ2n) is 4.54. The van der Waals surface area contributed by atoms with Crippen LogP contribution in [0.4, 0.5) is 0 Å². The number of rotatable bonds is 5. The molecule has 0 aromatic heterocycles. The molecule has 0 fully saturated rings.